The molecule has 204 valence electrons. The lowest BCUT2D eigenvalue weighted by molar-refractivity contribution is 0.0934. The zero-order valence-electron chi connectivity index (χ0n) is 22.4. The molecule has 38 heavy (non-hydrogen) atoms. The molecule has 0 spiro atoms. The standard InChI is InChI=1S/C29H40N6O3/c36-26(25-20-32-28(21-31-25)34-14-17-37-18-15-34)19-23-3-1-22(2-4-23)6-9-33-10-12-35(13-11-33)29-24-7-16-38-27(24)5-8-30-29/h5,8,20-23H,1-4,6-7,9-19H2. The minimum atomic E-state index is 0.137. The van der Waals surface area contributed by atoms with Gasteiger partial charge in [0.25, 0.3) is 0 Å². The smallest absolute Gasteiger partial charge is 0.183 e. The van der Waals surface area contributed by atoms with Crippen LogP contribution in [0.2, 0.25) is 0 Å². The van der Waals surface area contributed by atoms with Crippen molar-refractivity contribution in [3.8, 4) is 5.75 Å². The average Bonchev–Trinajstić information content (AvgIpc) is 3.47. The highest BCUT2D eigenvalue weighted by Gasteiger charge is 2.27. The number of piperazine rings is 1. The van der Waals surface area contributed by atoms with Gasteiger partial charge in [-0.05, 0) is 43.7 Å². The molecule has 9 heteroatoms. The normalized spacial score (nSPS) is 24.2. The summed E-state index contributed by atoms with van der Waals surface area (Å²) in [5, 5.41) is 0. The molecule has 2 aromatic heterocycles. The first-order valence-electron chi connectivity index (χ1n) is 14.5. The first-order valence-corrected chi connectivity index (χ1v) is 14.5. The molecular weight excluding hydrogens is 480 g/mol. The summed E-state index contributed by atoms with van der Waals surface area (Å²) in [6, 6.07) is 1.99. The lowest BCUT2D eigenvalue weighted by atomic mass is 9.78. The first-order chi connectivity index (χ1) is 18.7. The number of pyridine rings is 1. The predicted octanol–water partition coefficient (Wildman–Crippen LogP) is 3.23. The Hall–Kier alpha value is -2.78. The largest absolute Gasteiger partial charge is 0.493 e. The van der Waals surface area contributed by atoms with Gasteiger partial charge in [-0.1, -0.05) is 12.8 Å². The fourth-order valence-corrected chi connectivity index (χ4v) is 6.43. The molecule has 9 nitrogen and oxygen atoms in total. The van der Waals surface area contributed by atoms with Crippen LogP contribution in [-0.2, 0) is 11.2 Å². The maximum Gasteiger partial charge on any atom is 0.183 e. The molecule has 2 aromatic rings. The molecular formula is C29H40N6O3. The van der Waals surface area contributed by atoms with Crippen LogP contribution in [0.25, 0.3) is 0 Å². The number of hydrogen-bond acceptors (Lipinski definition) is 9. The van der Waals surface area contributed by atoms with Gasteiger partial charge in [0.05, 0.1) is 32.2 Å². The Morgan fingerprint density at radius 3 is 2.42 bits per heavy atom. The zero-order valence-corrected chi connectivity index (χ0v) is 22.4. The molecule has 0 amide bonds. The number of Topliss-reactive ketones (excluding diaryl/α,β-unsaturated/α-hetero) is 1. The molecule has 5 heterocycles. The number of rotatable bonds is 8. The zero-order chi connectivity index (χ0) is 25.7. The summed E-state index contributed by atoms with van der Waals surface area (Å²) >= 11 is 0. The Kier molecular flexibility index (Phi) is 8.02. The molecule has 4 aliphatic rings. The Balaban J connectivity index is 0.898. The second kappa shape index (κ2) is 11.9. The van der Waals surface area contributed by atoms with E-state index in [0.29, 0.717) is 31.2 Å². The van der Waals surface area contributed by atoms with E-state index in [9.17, 15) is 4.79 Å². The molecule has 0 N–H and O–H groups in total. The Bertz CT molecular complexity index is 1070. The summed E-state index contributed by atoms with van der Waals surface area (Å²) in [5.74, 6) is 4.38. The second-order valence-electron chi connectivity index (χ2n) is 11.2. The van der Waals surface area contributed by atoms with E-state index in [1.165, 1.54) is 31.4 Å². The molecule has 2 saturated heterocycles. The van der Waals surface area contributed by atoms with Gasteiger partial charge in [-0.25, -0.2) is 15.0 Å². The van der Waals surface area contributed by atoms with Crippen molar-refractivity contribution in [1.82, 2.24) is 19.9 Å². The number of carbonyl (C=O) groups excluding carboxylic acids is 1. The van der Waals surface area contributed by atoms with Crippen molar-refractivity contribution in [1.29, 1.82) is 0 Å². The number of morpholine rings is 1. The number of ketones is 1. The molecule has 0 unspecified atom stereocenters. The van der Waals surface area contributed by atoms with Crippen LogP contribution in [0.4, 0.5) is 11.6 Å². The highest BCUT2D eigenvalue weighted by atomic mass is 16.5. The maximum atomic E-state index is 12.8. The molecule has 1 saturated carbocycles. The quantitative estimate of drug-likeness (QED) is 0.487. The van der Waals surface area contributed by atoms with E-state index >= 15 is 0 Å². The highest BCUT2D eigenvalue weighted by Crippen LogP contribution is 2.34. The lowest BCUT2D eigenvalue weighted by Gasteiger charge is -2.37. The molecule has 0 aromatic carbocycles. The van der Waals surface area contributed by atoms with E-state index in [-0.39, 0.29) is 5.78 Å². The number of nitrogens with zero attached hydrogens (tertiary/aromatic N) is 6. The third-order valence-electron chi connectivity index (χ3n) is 8.82. The van der Waals surface area contributed by atoms with E-state index in [1.54, 1.807) is 12.4 Å². The lowest BCUT2D eigenvalue weighted by Crippen LogP contribution is -2.47. The van der Waals surface area contributed by atoms with Crippen LogP contribution in [0.1, 0.15) is 54.6 Å². The van der Waals surface area contributed by atoms with Gasteiger partial charge in [0.15, 0.2) is 5.78 Å². The fourth-order valence-electron chi connectivity index (χ4n) is 6.43. The summed E-state index contributed by atoms with van der Waals surface area (Å²) in [7, 11) is 0. The van der Waals surface area contributed by atoms with Crippen LogP contribution < -0.4 is 14.5 Å². The minimum absolute atomic E-state index is 0.137. The molecule has 6 rings (SSSR count). The van der Waals surface area contributed by atoms with Gasteiger partial charge in [-0.15, -0.1) is 0 Å². The van der Waals surface area contributed by atoms with E-state index in [4.69, 9.17) is 9.47 Å². The van der Waals surface area contributed by atoms with Crippen LogP contribution in [-0.4, -0.2) is 91.3 Å². The Morgan fingerprint density at radius 1 is 0.868 bits per heavy atom. The van der Waals surface area contributed by atoms with Crippen LogP contribution in [0.5, 0.6) is 5.75 Å². The van der Waals surface area contributed by atoms with Crippen LogP contribution >= 0.6 is 0 Å². The monoisotopic (exact) mass is 520 g/mol. The van der Waals surface area contributed by atoms with E-state index < -0.39 is 0 Å². The number of ether oxygens (including phenoxy) is 2. The maximum absolute atomic E-state index is 12.8. The summed E-state index contributed by atoms with van der Waals surface area (Å²) in [6.07, 6.45) is 12.9. The minimum Gasteiger partial charge on any atom is -0.493 e. The second-order valence-corrected chi connectivity index (χ2v) is 11.2. The third kappa shape index (κ3) is 5.94. The number of aromatic nitrogens is 3. The van der Waals surface area contributed by atoms with Gasteiger partial charge in [0.2, 0.25) is 0 Å². The van der Waals surface area contributed by atoms with Crippen molar-refractivity contribution in [2.24, 2.45) is 11.8 Å². The number of anilines is 2. The topological polar surface area (TPSA) is 83.9 Å². The third-order valence-corrected chi connectivity index (χ3v) is 8.82. The van der Waals surface area contributed by atoms with Gasteiger partial charge in [0, 0.05) is 63.9 Å². The number of hydrogen-bond donors (Lipinski definition) is 0. The van der Waals surface area contributed by atoms with Gasteiger partial charge in [-0.3, -0.25) is 9.69 Å². The molecule has 0 bridgehead atoms. The summed E-state index contributed by atoms with van der Waals surface area (Å²) in [5.41, 5.74) is 1.79. The van der Waals surface area contributed by atoms with Gasteiger partial charge in [-0.2, -0.15) is 0 Å². The number of carbonyl (C=O) groups is 1. The Morgan fingerprint density at radius 2 is 1.66 bits per heavy atom. The van der Waals surface area contributed by atoms with Crippen LogP contribution in [0.3, 0.4) is 0 Å². The van der Waals surface area contributed by atoms with Crippen molar-refractivity contribution in [2.45, 2.75) is 44.9 Å². The van der Waals surface area contributed by atoms with Crippen LogP contribution in [0.15, 0.2) is 24.7 Å². The van der Waals surface area contributed by atoms with Crippen molar-refractivity contribution >= 4 is 17.4 Å². The first kappa shape index (κ1) is 25.5. The van der Waals surface area contributed by atoms with Gasteiger partial charge >= 0.3 is 0 Å². The fraction of sp³-hybridized carbons (Fsp3) is 0.655. The van der Waals surface area contributed by atoms with Crippen molar-refractivity contribution in [3.05, 3.63) is 35.9 Å². The summed E-state index contributed by atoms with van der Waals surface area (Å²) < 4.78 is 11.1. The Labute approximate surface area is 225 Å². The van der Waals surface area contributed by atoms with E-state index in [0.717, 1.165) is 88.4 Å². The molecule has 3 aliphatic heterocycles. The molecule has 1 aliphatic carbocycles. The van der Waals surface area contributed by atoms with Crippen molar-refractivity contribution in [3.63, 3.8) is 0 Å². The van der Waals surface area contributed by atoms with E-state index in [1.807, 2.05) is 12.3 Å². The highest BCUT2D eigenvalue weighted by molar-refractivity contribution is 5.94. The molecule has 3 fully saturated rings. The van der Waals surface area contributed by atoms with Gasteiger partial charge in [0.1, 0.15) is 23.1 Å². The molecule has 0 radical (unpaired) electrons. The van der Waals surface area contributed by atoms with Gasteiger partial charge < -0.3 is 19.3 Å². The van der Waals surface area contributed by atoms with Crippen molar-refractivity contribution < 1.29 is 14.3 Å². The van der Waals surface area contributed by atoms with Crippen molar-refractivity contribution in [2.75, 3.05) is 75.4 Å². The predicted molar refractivity (Wildman–Crippen MR) is 146 cm³/mol. The summed E-state index contributed by atoms with van der Waals surface area (Å²) in [6.45, 7) is 9.30. The summed E-state index contributed by atoms with van der Waals surface area (Å²) in [4.78, 5) is 33.7. The number of fused-ring (bicyclic) bond motifs is 1. The molecule has 0 atom stereocenters. The SMILES string of the molecule is O=C(CC1CCC(CCN2CCN(c3nccc4c3CCO4)CC2)CC1)c1cnc(N2CCOCC2)cn1. The van der Waals surface area contributed by atoms with E-state index in [2.05, 4.69) is 29.7 Å². The average molecular weight is 521 g/mol. The van der Waals surface area contributed by atoms with Crippen LogP contribution in [0, 0.1) is 11.8 Å².